The van der Waals surface area contributed by atoms with E-state index < -0.39 is 27.2 Å². The minimum Gasteiger partial charge on any atom is -0.383 e. The molecule has 4 aromatic rings. The first-order chi connectivity index (χ1) is 19.1. The first kappa shape index (κ1) is 28.4. The zero-order valence-corrected chi connectivity index (χ0v) is 23.1. The molecule has 0 saturated carbocycles. The van der Waals surface area contributed by atoms with Crippen molar-refractivity contribution in [3.8, 4) is 0 Å². The van der Waals surface area contributed by atoms with Crippen molar-refractivity contribution in [3.05, 3.63) is 117 Å². The molecule has 10 nitrogen and oxygen atoms in total. The predicted octanol–water partition coefficient (Wildman–Crippen LogP) is 3.44. The fourth-order valence-corrected chi connectivity index (χ4v) is 5.45. The van der Waals surface area contributed by atoms with Gasteiger partial charge in [0.2, 0.25) is 0 Å². The Kier molecular flexibility index (Phi) is 8.54. The number of benzene rings is 3. The molecule has 0 unspecified atom stereocenters. The molecule has 1 amide bonds. The molecule has 4 rings (SSSR count). The SMILES string of the molecule is CCCCN(C(=O)c1ccc(S(=O)(=O)N(C)c2ccccc2)cc1)c1c(N)n(Cc2ccccc2)c(=O)[nH]c1=O. The van der Waals surface area contributed by atoms with Crippen LogP contribution in [0.25, 0.3) is 0 Å². The van der Waals surface area contributed by atoms with E-state index >= 15 is 0 Å². The summed E-state index contributed by atoms with van der Waals surface area (Å²) in [6.45, 7) is 2.21. The number of nitrogens with zero attached hydrogens (tertiary/aromatic N) is 3. The highest BCUT2D eigenvalue weighted by Gasteiger charge is 2.26. The van der Waals surface area contributed by atoms with E-state index in [-0.39, 0.29) is 35.1 Å². The Labute approximate surface area is 232 Å². The summed E-state index contributed by atoms with van der Waals surface area (Å²) in [7, 11) is -2.43. The van der Waals surface area contributed by atoms with E-state index in [2.05, 4.69) is 4.98 Å². The van der Waals surface area contributed by atoms with Gasteiger partial charge in [-0.25, -0.2) is 13.2 Å². The van der Waals surface area contributed by atoms with E-state index in [0.717, 1.165) is 16.3 Å². The van der Waals surface area contributed by atoms with Gasteiger partial charge in [-0.15, -0.1) is 0 Å². The molecular formula is C29H31N5O5S. The van der Waals surface area contributed by atoms with E-state index in [1.807, 2.05) is 37.3 Å². The highest BCUT2D eigenvalue weighted by molar-refractivity contribution is 7.92. The van der Waals surface area contributed by atoms with Gasteiger partial charge in [0, 0.05) is 19.2 Å². The number of nitrogens with two attached hydrogens (primary N) is 1. The lowest BCUT2D eigenvalue weighted by Gasteiger charge is -2.25. The number of carbonyl (C=O) groups excluding carboxylic acids is 1. The number of carbonyl (C=O) groups is 1. The second-order valence-corrected chi connectivity index (χ2v) is 11.2. The number of nitrogen functional groups attached to an aromatic ring is 1. The van der Waals surface area contributed by atoms with Gasteiger partial charge in [0.05, 0.1) is 17.1 Å². The molecule has 1 aromatic heterocycles. The standard InChI is InChI=1S/C29H31N5O5S/c1-3-4-19-33(25-26(30)34(29(37)31-27(25)35)20-21-11-7-5-8-12-21)28(36)22-15-17-24(18-16-22)40(38,39)32(2)23-13-9-6-10-14-23/h5-18H,3-4,19-20,30H2,1-2H3,(H,31,35,37). The molecule has 0 spiro atoms. The number of hydrogen-bond donors (Lipinski definition) is 2. The molecule has 3 N–H and O–H groups in total. The first-order valence-electron chi connectivity index (χ1n) is 12.8. The molecule has 0 saturated heterocycles. The maximum absolute atomic E-state index is 13.7. The molecule has 208 valence electrons. The second-order valence-electron chi connectivity index (χ2n) is 9.21. The average Bonchev–Trinajstić information content (AvgIpc) is 2.97. The molecule has 0 radical (unpaired) electrons. The van der Waals surface area contributed by atoms with Gasteiger partial charge in [-0.1, -0.05) is 61.9 Å². The Morgan fingerprint density at radius 1 is 0.925 bits per heavy atom. The number of unbranched alkanes of at least 4 members (excludes halogenated alkanes) is 1. The quantitative estimate of drug-likeness (QED) is 0.304. The summed E-state index contributed by atoms with van der Waals surface area (Å²) in [5.41, 5.74) is 6.21. The smallest absolute Gasteiger partial charge is 0.330 e. The number of aromatic nitrogens is 2. The average molecular weight is 562 g/mol. The van der Waals surface area contributed by atoms with Crippen LogP contribution in [0.3, 0.4) is 0 Å². The number of anilines is 3. The van der Waals surface area contributed by atoms with Gasteiger partial charge in [0.25, 0.3) is 21.5 Å². The lowest BCUT2D eigenvalue weighted by molar-refractivity contribution is 0.0986. The Balaban J connectivity index is 1.70. The minimum absolute atomic E-state index is 0.00397. The highest BCUT2D eigenvalue weighted by Crippen LogP contribution is 2.24. The Morgan fingerprint density at radius 3 is 2.12 bits per heavy atom. The van der Waals surface area contributed by atoms with Crippen LogP contribution in [0.15, 0.2) is 99.4 Å². The summed E-state index contributed by atoms with van der Waals surface area (Å²) in [6, 6.07) is 23.3. The van der Waals surface area contributed by atoms with Crippen LogP contribution in [0.2, 0.25) is 0 Å². The summed E-state index contributed by atoms with van der Waals surface area (Å²) in [5, 5.41) is 0. The second kappa shape index (κ2) is 12.0. The van der Waals surface area contributed by atoms with Crippen molar-refractivity contribution in [2.45, 2.75) is 31.2 Å². The van der Waals surface area contributed by atoms with Gasteiger partial charge in [0.1, 0.15) is 5.82 Å². The maximum atomic E-state index is 13.7. The van der Waals surface area contributed by atoms with Crippen molar-refractivity contribution < 1.29 is 13.2 Å². The third kappa shape index (κ3) is 5.84. The molecule has 0 aliphatic rings. The van der Waals surface area contributed by atoms with Crippen molar-refractivity contribution in [3.63, 3.8) is 0 Å². The van der Waals surface area contributed by atoms with Gasteiger partial charge in [-0.2, -0.15) is 0 Å². The van der Waals surface area contributed by atoms with Crippen LogP contribution in [0, 0.1) is 0 Å². The number of rotatable bonds is 10. The molecular weight excluding hydrogens is 530 g/mol. The normalized spacial score (nSPS) is 11.2. The minimum atomic E-state index is -3.88. The number of aromatic amines is 1. The lowest BCUT2D eigenvalue weighted by Crippen LogP contribution is -2.41. The van der Waals surface area contributed by atoms with E-state index in [1.54, 1.807) is 30.3 Å². The topological polar surface area (TPSA) is 139 Å². The fourth-order valence-electron chi connectivity index (χ4n) is 4.25. The van der Waals surface area contributed by atoms with Gasteiger partial charge in [-0.3, -0.25) is 23.4 Å². The van der Waals surface area contributed by atoms with Crippen LogP contribution in [0.1, 0.15) is 35.7 Å². The van der Waals surface area contributed by atoms with Crippen LogP contribution >= 0.6 is 0 Å². The summed E-state index contributed by atoms with van der Waals surface area (Å²) in [6.07, 6.45) is 1.30. The Hall–Kier alpha value is -4.64. The van der Waals surface area contributed by atoms with Crippen molar-refractivity contribution in [2.75, 3.05) is 28.5 Å². The number of H-pyrrole nitrogens is 1. The summed E-state index contributed by atoms with van der Waals surface area (Å²) >= 11 is 0. The molecule has 3 aromatic carbocycles. The van der Waals surface area contributed by atoms with E-state index in [0.29, 0.717) is 12.1 Å². The molecule has 0 atom stereocenters. The van der Waals surface area contributed by atoms with Gasteiger partial charge in [-0.05, 0) is 48.4 Å². The predicted molar refractivity (Wildman–Crippen MR) is 156 cm³/mol. The van der Waals surface area contributed by atoms with Gasteiger partial charge in [0.15, 0.2) is 5.69 Å². The molecule has 0 fully saturated rings. The summed E-state index contributed by atoms with van der Waals surface area (Å²) in [4.78, 5) is 42.9. The third-order valence-electron chi connectivity index (χ3n) is 6.53. The number of hydrogen-bond acceptors (Lipinski definition) is 6. The van der Waals surface area contributed by atoms with Crippen LogP contribution < -0.4 is 26.2 Å². The maximum Gasteiger partial charge on any atom is 0.330 e. The molecule has 40 heavy (non-hydrogen) atoms. The third-order valence-corrected chi connectivity index (χ3v) is 8.33. The first-order valence-corrected chi connectivity index (χ1v) is 14.2. The van der Waals surface area contributed by atoms with E-state index in [4.69, 9.17) is 5.73 Å². The Bertz CT molecular complexity index is 1700. The molecule has 0 bridgehead atoms. The summed E-state index contributed by atoms with van der Waals surface area (Å²) < 4.78 is 28.7. The van der Waals surface area contributed by atoms with Crippen molar-refractivity contribution in [1.82, 2.24) is 9.55 Å². The monoisotopic (exact) mass is 561 g/mol. The van der Waals surface area contributed by atoms with Crippen molar-refractivity contribution in [2.24, 2.45) is 0 Å². The highest BCUT2D eigenvalue weighted by atomic mass is 32.2. The number of nitrogens with one attached hydrogen (secondary N) is 1. The zero-order valence-electron chi connectivity index (χ0n) is 22.3. The molecule has 11 heteroatoms. The molecule has 0 aliphatic carbocycles. The summed E-state index contributed by atoms with van der Waals surface area (Å²) in [5.74, 6) is -0.679. The molecule has 1 heterocycles. The molecule has 0 aliphatic heterocycles. The van der Waals surface area contributed by atoms with Gasteiger partial charge >= 0.3 is 5.69 Å². The number of sulfonamides is 1. The van der Waals surface area contributed by atoms with Crippen LogP contribution in [-0.4, -0.2) is 37.5 Å². The van der Waals surface area contributed by atoms with E-state index in [1.165, 1.54) is 40.8 Å². The zero-order chi connectivity index (χ0) is 28.9. The lowest BCUT2D eigenvalue weighted by atomic mass is 10.1. The van der Waals surface area contributed by atoms with Gasteiger partial charge < -0.3 is 10.6 Å². The van der Waals surface area contributed by atoms with Crippen LogP contribution in [-0.2, 0) is 16.6 Å². The number of para-hydroxylation sites is 1. The number of amides is 1. The van der Waals surface area contributed by atoms with E-state index in [9.17, 15) is 22.8 Å². The Morgan fingerprint density at radius 2 is 1.52 bits per heavy atom. The van der Waals surface area contributed by atoms with Crippen LogP contribution in [0.5, 0.6) is 0 Å². The fraction of sp³-hybridized carbons (Fsp3) is 0.207. The van der Waals surface area contributed by atoms with Crippen molar-refractivity contribution in [1.29, 1.82) is 0 Å². The largest absolute Gasteiger partial charge is 0.383 e. The van der Waals surface area contributed by atoms with Crippen molar-refractivity contribution >= 4 is 33.1 Å². The van der Waals surface area contributed by atoms with Crippen LogP contribution in [0.4, 0.5) is 17.2 Å².